The summed E-state index contributed by atoms with van der Waals surface area (Å²) < 4.78 is 35.6. The quantitative estimate of drug-likeness (QED) is 0.264. The van der Waals surface area contributed by atoms with E-state index in [1.165, 1.54) is 28.5 Å². The number of fused-ring (bicyclic) bond motifs is 2. The number of carboxylic acids is 1. The summed E-state index contributed by atoms with van der Waals surface area (Å²) in [6, 6.07) is 8.39. The van der Waals surface area contributed by atoms with Crippen molar-refractivity contribution in [1.82, 2.24) is 4.98 Å². The first-order valence-electron chi connectivity index (χ1n) is 14.0. The van der Waals surface area contributed by atoms with Gasteiger partial charge in [-0.2, -0.15) is 0 Å². The lowest BCUT2D eigenvalue weighted by molar-refractivity contribution is -0.137. The summed E-state index contributed by atoms with van der Waals surface area (Å²) in [5.41, 5.74) is 10.4. The molecule has 0 saturated carbocycles. The molecule has 9 heteroatoms. The standard InChI is InChI=1S/C32H37NO6S2/c1-18-20(3)32(38-12-7-13-41(5,36)37)21(4)19(2)31(18)25-9-6-8-24-23(25)10-11-27(24)39-29-15-28-26(16-33-29)22(17-40-28)14-30(34)35/h6,8-9,15-16,22,27H,7,10-14,17H2,1-5H3,(H,34,35). The van der Waals surface area contributed by atoms with Crippen LogP contribution in [-0.2, 0) is 21.1 Å². The molecule has 0 fully saturated rings. The van der Waals surface area contributed by atoms with Gasteiger partial charge in [-0.3, -0.25) is 4.79 Å². The molecule has 41 heavy (non-hydrogen) atoms. The fourth-order valence-electron chi connectivity index (χ4n) is 6.10. The lowest BCUT2D eigenvalue weighted by atomic mass is 9.86. The van der Waals surface area contributed by atoms with Crippen LogP contribution in [0.5, 0.6) is 11.6 Å². The summed E-state index contributed by atoms with van der Waals surface area (Å²) >= 11 is 1.67. The molecule has 0 bridgehead atoms. The number of nitrogens with zero attached hydrogens (tertiary/aromatic N) is 1. The van der Waals surface area contributed by atoms with Crippen molar-refractivity contribution >= 4 is 27.6 Å². The predicted octanol–water partition coefficient (Wildman–Crippen LogP) is 6.53. The Bertz CT molecular complexity index is 1590. The van der Waals surface area contributed by atoms with E-state index in [1.807, 2.05) is 6.07 Å². The highest BCUT2D eigenvalue weighted by atomic mass is 32.2. The topological polar surface area (TPSA) is 103 Å². The van der Waals surface area contributed by atoms with Crippen LogP contribution in [0.15, 0.2) is 35.4 Å². The number of thioether (sulfide) groups is 1. The Balaban J connectivity index is 1.39. The lowest BCUT2D eigenvalue weighted by Crippen LogP contribution is -2.10. The second-order valence-electron chi connectivity index (χ2n) is 11.2. The molecule has 0 spiro atoms. The van der Waals surface area contributed by atoms with Gasteiger partial charge in [0.1, 0.15) is 21.7 Å². The number of hydrogen-bond donors (Lipinski definition) is 1. The highest BCUT2D eigenvalue weighted by Gasteiger charge is 2.30. The Labute approximate surface area is 246 Å². The molecule has 2 unspecified atom stereocenters. The first-order chi connectivity index (χ1) is 19.4. The van der Waals surface area contributed by atoms with Gasteiger partial charge in [0.2, 0.25) is 5.88 Å². The minimum Gasteiger partial charge on any atom is -0.493 e. The number of aromatic nitrogens is 1. The molecule has 3 aromatic rings. The summed E-state index contributed by atoms with van der Waals surface area (Å²) in [6.07, 6.45) is 5.28. The van der Waals surface area contributed by atoms with Crippen LogP contribution in [0.25, 0.3) is 11.1 Å². The molecule has 1 aliphatic heterocycles. The van der Waals surface area contributed by atoms with E-state index in [0.717, 1.165) is 57.1 Å². The van der Waals surface area contributed by atoms with E-state index in [9.17, 15) is 18.3 Å². The number of benzene rings is 2. The van der Waals surface area contributed by atoms with Gasteiger partial charge in [-0.25, -0.2) is 13.4 Å². The van der Waals surface area contributed by atoms with Crippen LogP contribution in [0.3, 0.4) is 0 Å². The monoisotopic (exact) mass is 595 g/mol. The first-order valence-corrected chi connectivity index (χ1v) is 17.0. The molecule has 1 N–H and O–H groups in total. The second-order valence-corrected chi connectivity index (χ2v) is 14.5. The van der Waals surface area contributed by atoms with Crippen LogP contribution in [0, 0.1) is 27.7 Å². The van der Waals surface area contributed by atoms with Gasteiger partial charge < -0.3 is 14.6 Å². The van der Waals surface area contributed by atoms with E-state index >= 15 is 0 Å². The molecule has 2 heterocycles. The van der Waals surface area contributed by atoms with Crippen molar-refractivity contribution in [3.8, 4) is 22.8 Å². The third kappa shape index (κ3) is 6.11. The van der Waals surface area contributed by atoms with Gasteiger partial charge in [0.25, 0.3) is 0 Å². The van der Waals surface area contributed by atoms with Gasteiger partial charge in [0, 0.05) is 35.1 Å². The number of pyridine rings is 1. The van der Waals surface area contributed by atoms with E-state index in [4.69, 9.17) is 9.47 Å². The van der Waals surface area contributed by atoms with E-state index in [-0.39, 0.29) is 24.2 Å². The predicted molar refractivity (Wildman–Crippen MR) is 162 cm³/mol. The molecule has 5 rings (SSSR count). The smallest absolute Gasteiger partial charge is 0.303 e. The maximum absolute atomic E-state index is 11.5. The molecule has 2 aliphatic rings. The summed E-state index contributed by atoms with van der Waals surface area (Å²) in [6.45, 7) is 8.77. The Morgan fingerprint density at radius 1 is 1.10 bits per heavy atom. The second kappa shape index (κ2) is 11.7. The molecule has 0 amide bonds. The Morgan fingerprint density at radius 2 is 1.83 bits per heavy atom. The fourth-order valence-corrected chi connectivity index (χ4v) is 7.99. The molecule has 1 aromatic heterocycles. The highest BCUT2D eigenvalue weighted by Crippen LogP contribution is 2.46. The summed E-state index contributed by atoms with van der Waals surface area (Å²) in [5.74, 6) is 1.50. The average Bonchev–Trinajstić information content (AvgIpc) is 3.50. The maximum atomic E-state index is 11.5. The van der Waals surface area contributed by atoms with Gasteiger partial charge in [0.05, 0.1) is 18.8 Å². The Kier molecular flexibility index (Phi) is 8.39. The Morgan fingerprint density at radius 3 is 2.51 bits per heavy atom. The molecular weight excluding hydrogens is 558 g/mol. The van der Waals surface area contributed by atoms with Crippen LogP contribution in [0.1, 0.15) is 70.2 Å². The molecule has 2 atom stereocenters. The number of carboxylic acid groups (broad SMARTS) is 1. The van der Waals surface area contributed by atoms with Crippen LogP contribution in [0.2, 0.25) is 0 Å². The highest BCUT2D eigenvalue weighted by molar-refractivity contribution is 7.99. The molecule has 0 radical (unpaired) electrons. The number of ether oxygens (including phenoxy) is 2. The normalized spacial score (nSPS) is 17.8. The van der Waals surface area contributed by atoms with E-state index in [1.54, 1.807) is 18.0 Å². The van der Waals surface area contributed by atoms with Gasteiger partial charge in [-0.05, 0) is 97.0 Å². The Hall–Kier alpha value is -3.04. The third-order valence-corrected chi connectivity index (χ3v) is 10.6. The van der Waals surface area contributed by atoms with Crippen molar-refractivity contribution in [1.29, 1.82) is 0 Å². The maximum Gasteiger partial charge on any atom is 0.303 e. The van der Waals surface area contributed by atoms with Gasteiger partial charge in [-0.1, -0.05) is 18.2 Å². The van der Waals surface area contributed by atoms with Crippen molar-refractivity contribution in [2.45, 2.75) is 70.3 Å². The van der Waals surface area contributed by atoms with Crippen LogP contribution in [0.4, 0.5) is 0 Å². The largest absolute Gasteiger partial charge is 0.493 e. The zero-order valence-electron chi connectivity index (χ0n) is 24.2. The summed E-state index contributed by atoms with van der Waals surface area (Å²) in [7, 11) is -3.01. The van der Waals surface area contributed by atoms with Gasteiger partial charge in [-0.15, -0.1) is 11.8 Å². The average molecular weight is 596 g/mol. The minimum atomic E-state index is -3.01. The van der Waals surface area contributed by atoms with Gasteiger partial charge >= 0.3 is 5.97 Å². The molecule has 0 saturated heterocycles. The van der Waals surface area contributed by atoms with Crippen molar-refractivity contribution in [3.63, 3.8) is 0 Å². The van der Waals surface area contributed by atoms with E-state index in [2.05, 4.69) is 50.9 Å². The fraction of sp³-hybridized carbons (Fsp3) is 0.438. The number of sulfone groups is 1. The zero-order chi connectivity index (χ0) is 29.5. The SMILES string of the molecule is Cc1c(C)c(-c2cccc3c2CCC3Oc2cc3c(cn2)C(CC(=O)O)CS3)c(C)c(C)c1OCCCS(C)(=O)=O. The van der Waals surface area contributed by atoms with Crippen molar-refractivity contribution in [2.24, 2.45) is 0 Å². The molecule has 7 nitrogen and oxygen atoms in total. The minimum absolute atomic E-state index is 0.00789. The third-order valence-electron chi connectivity index (χ3n) is 8.38. The molecular formula is C32H37NO6S2. The molecule has 1 aliphatic carbocycles. The van der Waals surface area contributed by atoms with Crippen molar-refractivity contribution in [2.75, 3.05) is 24.4 Å². The first kappa shape index (κ1) is 29.5. The van der Waals surface area contributed by atoms with Crippen LogP contribution >= 0.6 is 11.8 Å². The summed E-state index contributed by atoms with van der Waals surface area (Å²) in [5, 5.41) is 9.21. The van der Waals surface area contributed by atoms with Crippen molar-refractivity contribution < 1.29 is 27.8 Å². The number of hydrogen-bond acceptors (Lipinski definition) is 7. The number of aliphatic carboxylic acids is 1. The van der Waals surface area contributed by atoms with E-state index < -0.39 is 15.8 Å². The summed E-state index contributed by atoms with van der Waals surface area (Å²) in [4.78, 5) is 16.8. The zero-order valence-corrected chi connectivity index (χ0v) is 25.9. The van der Waals surface area contributed by atoms with Crippen LogP contribution < -0.4 is 9.47 Å². The van der Waals surface area contributed by atoms with E-state index in [0.29, 0.717) is 18.9 Å². The van der Waals surface area contributed by atoms with Crippen LogP contribution in [-0.4, -0.2) is 48.8 Å². The number of carbonyl (C=O) groups is 1. The number of rotatable bonds is 10. The molecule has 218 valence electrons. The lowest BCUT2D eigenvalue weighted by Gasteiger charge is -2.23. The van der Waals surface area contributed by atoms with Gasteiger partial charge in [0.15, 0.2) is 0 Å². The van der Waals surface area contributed by atoms with Crippen molar-refractivity contribution in [3.05, 3.63) is 69.4 Å². The molecule has 2 aromatic carbocycles.